The van der Waals surface area contributed by atoms with E-state index in [1.807, 2.05) is 4.90 Å². The summed E-state index contributed by atoms with van der Waals surface area (Å²) in [5, 5.41) is 0. The molecule has 85 valence electrons. The Labute approximate surface area is 92.4 Å². The lowest BCUT2D eigenvalue weighted by atomic mass is 9.94. The van der Waals surface area contributed by atoms with Crippen LogP contribution in [0.1, 0.15) is 32.6 Å². The molecule has 3 nitrogen and oxygen atoms in total. The molecule has 2 rings (SSSR count). The fourth-order valence-electron chi connectivity index (χ4n) is 2.66. The minimum atomic E-state index is 0.227. The van der Waals surface area contributed by atoms with Crippen molar-refractivity contribution in [3.05, 3.63) is 6.42 Å². The van der Waals surface area contributed by atoms with Crippen molar-refractivity contribution in [2.45, 2.75) is 38.6 Å². The van der Waals surface area contributed by atoms with Crippen LogP contribution in [0.25, 0.3) is 0 Å². The molecule has 0 aromatic rings. The number of hydrogen-bond acceptors (Lipinski definition) is 2. The van der Waals surface area contributed by atoms with Gasteiger partial charge in [0, 0.05) is 39.1 Å². The summed E-state index contributed by atoms with van der Waals surface area (Å²) in [4.78, 5) is 15.7. The van der Waals surface area contributed by atoms with Gasteiger partial charge in [0.15, 0.2) is 0 Å². The molecule has 1 aliphatic heterocycles. The lowest BCUT2D eigenvalue weighted by Crippen LogP contribution is -2.51. The first-order valence-corrected chi connectivity index (χ1v) is 6.08. The molecule has 15 heavy (non-hydrogen) atoms. The summed E-state index contributed by atoms with van der Waals surface area (Å²) in [6.45, 7) is 5.65. The minimum Gasteiger partial charge on any atom is -0.340 e. The van der Waals surface area contributed by atoms with Crippen LogP contribution >= 0.6 is 0 Å². The van der Waals surface area contributed by atoms with E-state index in [0.717, 1.165) is 32.2 Å². The molecule has 1 heterocycles. The predicted octanol–water partition coefficient (Wildman–Crippen LogP) is 1.30. The van der Waals surface area contributed by atoms with Crippen LogP contribution in [0.15, 0.2) is 0 Å². The molecule has 1 radical (unpaired) electrons. The minimum absolute atomic E-state index is 0.227. The topological polar surface area (TPSA) is 23.6 Å². The van der Waals surface area contributed by atoms with Crippen molar-refractivity contribution >= 4 is 5.91 Å². The van der Waals surface area contributed by atoms with Crippen molar-refractivity contribution < 1.29 is 4.79 Å². The summed E-state index contributed by atoms with van der Waals surface area (Å²) in [7, 11) is 0. The summed E-state index contributed by atoms with van der Waals surface area (Å²) < 4.78 is 0. The quantitative estimate of drug-likeness (QED) is 0.650. The maximum absolute atomic E-state index is 11.2. The predicted molar refractivity (Wildman–Crippen MR) is 60.4 cm³/mol. The van der Waals surface area contributed by atoms with Gasteiger partial charge in [-0.1, -0.05) is 12.8 Å². The van der Waals surface area contributed by atoms with Crippen LogP contribution in [-0.2, 0) is 4.79 Å². The lowest BCUT2D eigenvalue weighted by molar-refractivity contribution is -0.130. The summed E-state index contributed by atoms with van der Waals surface area (Å²) in [5.74, 6) is 0.227. The molecule has 1 aliphatic carbocycles. The number of carbonyl (C=O) groups is 1. The van der Waals surface area contributed by atoms with Gasteiger partial charge in [0.05, 0.1) is 0 Å². The number of nitrogens with zero attached hydrogens (tertiary/aromatic N) is 2. The summed E-state index contributed by atoms with van der Waals surface area (Å²) in [6.07, 6.45) is 7.66. The van der Waals surface area contributed by atoms with Gasteiger partial charge in [0.2, 0.25) is 5.91 Å². The van der Waals surface area contributed by atoms with E-state index in [-0.39, 0.29) is 5.91 Å². The number of carbonyl (C=O) groups excluding carboxylic acids is 1. The lowest BCUT2D eigenvalue weighted by Gasteiger charge is -2.40. The molecule has 0 N–H and O–H groups in total. The maximum atomic E-state index is 11.2. The standard InChI is InChI=1S/C12H21N2O/c1-11(15)13-7-9-14(10-8-13)12-5-3-2-4-6-12/h3,12H,2,4-10H2,1H3. The van der Waals surface area contributed by atoms with Crippen molar-refractivity contribution in [2.75, 3.05) is 26.2 Å². The van der Waals surface area contributed by atoms with E-state index in [1.54, 1.807) is 6.92 Å². The third-order valence-corrected chi connectivity index (χ3v) is 3.66. The Balaban J connectivity index is 1.79. The van der Waals surface area contributed by atoms with Gasteiger partial charge < -0.3 is 4.90 Å². The molecule has 0 aromatic carbocycles. The Bertz CT molecular complexity index is 216. The van der Waals surface area contributed by atoms with Gasteiger partial charge in [-0.05, 0) is 19.3 Å². The molecule has 0 spiro atoms. The van der Waals surface area contributed by atoms with Crippen LogP contribution in [0.2, 0.25) is 0 Å². The molecule has 0 aromatic heterocycles. The first-order chi connectivity index (χ1) is 7.27. The molecular weight excluding hydrogens is 188 g/mol. The van der Waals surface area contributed by atoms with Gasteiger partial charge in [-0.25, -0.2) is 0 Å². The molecular formula is C12H21N2O. The fraction of sp³-hybridized carbons (Fsp3) is 0.833. The van der Waals surface area contributed by atoms with E-state index in [2.05, 4.69) is 11.3 Å². The SMILES string of the molecule is CC(=O)N1CCN(C2C[CH]CCC2)CC1. The average Bonchev–Trinajstić information content (AvgIpc) is 2.30. The van der Waals surface area contributed by atoms with Gasteiger partial charge in [0.25, 0.3) is 0 Å². The van der Waals surface area contributed by atoms with E-state index in [1.165, 1.54) is 25.7 Å². The monoisotopic (exact) mass is 209 g/mol. The van der Waals surface area contributed by atoms with Gasteiger partial charge in [0.1, 0.15) is 0 Å². The zero-order valence-corrected chi connectivity index (χ0v) is 9.61. The van der Waals surface area contributed by atoms with Gasteiger partial charge in [-0.15, -0.1) is 0 Å². The third kappa shape index (κ3) is 2.71. The first-order valence-electron chi connectivity index (χ1n) is 6.08. The van der Waals surface area contributed by atoms with Crippen LogP contribution in [0.4, 0.5) is 0 Å². The van der Waals surface area contributed by atoms with Crippen molar-refractivity contribution in [2.24, 2.45) is 0 Å². The van der Waals surface area contributed by atoms with Crippen LogP contribution < -0.4 is 0 Å². The van der Waals surface area contributed by atoms with E-state index in [9.17, 15) is 4.79 Å². The van der Waals surface area contributed by atoms with Gasteiger partial charge in [-0.2, -0.15) is 0 Å². The normalized spacial score (nSPS) is 25.5. The molecule has 1 saturated heterocycles. The Morgan fingerprint density at radius 3 is 2.53 bits per heavy atom. The highest BCUT2D eigenvalue weighted by molar-refractivity contribution is 5.73. The second kappa shape index (κ2) is 4.97. The second-order valence-corrected chi connectivity index (χ2v) is 4.65. The van der Waals surface area contributed by atoms with Crippen LogP contribution in [0, 0.1) is 6.42 Å². The summed E-state index contributed by atoms with van der Waals surface area (Å²) in [5.41, 5.74) is 0. The number of amides is 1. The highest BCUT2D eigenvalue weighted by atomic mass is 16.2. The van der Waals surface area contributed by atoms with Gasteiger partial charge >= 0.3 is 0 Å². The maximum Gasteiger partial charge on any atom is 0.219 e. The Kier molecular flexibility index (Phi) is 3.62. The molecule has 1 saturated carbocycles. The van der Waals surface area contributed by atoms with Crippen LogP contribution in [0.5, 0.6) is 0 Å². The Morgan fingerprint density at radius 1 is 1.27 bits per heavy atom. The van der Waals surface area contributed by atoms with E-state index in [0.29, 0.717) is 0 Å². The molecule has 2 fully saturated rings. The Morgan fingerprint density at radius 2 is 2.00 bits per heavy atom. The largest absolute Gasteiger partial charge is 0.340 e. The zero-order chi connectivity index (χ0) is 10.7. The Hall–Kier alpha value is -0.570. The number of rotatable bonds is 1. The third-order valence-electron chi connectivity index (χ3n) is 3.66. The van der Waals surface area contributed by atoms with Crippen LogP contribution in [0.3, 0.4) is 0 Å². The van der Waals surface area contributed by atoms with Crippen molar-refractivity contribution in [3.63, 3.8) is 0 Å². The zero-order valence-electron chi connectivity index (χ0n) is 9.61. The second-order valence-electron chi connectivity index (χ2n) is 4.65. The van der Waals surface area contributed by atoms with Gasteiger partial charge in [-0.3, -0.25) is 9.69 Å². The summed E-state index contributed by atoms with van der Waals surface area (Å²) >= 11 is 0. The molecule has 3 heteroatoms. The van der Waals surface area contributed by atoms with Crippen molar-refractivity contribution in [3.8, 4) is 0 Å². The molecule has 0 bridgehead atoms. The fourth-order valence-corrected chi connectivity index (χ4v) is 2.66. The number of hydrogen-bond donors (Lipinski definition) is 0. The summed E-state index contributed by atoms with van der Waals surface area (Å²) in [6, 6.07) is 0.757. The van der Waals surface area contributed by atoms with E-state index < -0.39 is 0 Å². The van der Waals surface area contributed by atoms with Crippen LogP contribution in [-0.4, -0.2) is 47.9 Å². The first kappa shape index (κ1) is 10.9. The highest BCUT2D eigenvalue weighted by Gasteiger charge is 2.25. The van der Waals surface area contributed by atoms with Crippen molar-refractivity contribution in [1.82, 2.24) is 9.80 Å². The van der Waals surface area contributed by atoms with E-state index in [4.69, 9.17) is 0 Å². The smallest absolute Gasteiger partial charge is 0.219 e. The average molecular weight is 209 g/mol. The van der Waals surface area contributed by atoms with Crippen molar-refractivity contribution in [1.29, 1.82) is 0 Å². The molecule has 1 amide bonds. The highest BCUT2D eigenvalue weighted by Crippen LogP contribution is 2.22. The molecule has 1 atom stereocenters. The number of piperazine rings is 1. The van der Waals surface area contributed by atoms with E-state index >= 15 is 0 Å². The molecule has 2 aliphatic rings. The molecule has 1 unspecified atom stereocenters.